The Balaban J connectivity index is 2.53. The standard InChI is InChI=1S/C16H10F2/c17-16(18)10-15-13-7-3-1-5-11(13)9-12-6-2-4-8-14(12)15/h1-10H. The number of fused-ring (bicyclic) bond motifs is 2. The van der Waals surface area contributed by atoms with Crippen molar-refractivity contribution in [2.75, 3.05) is 0 Å². The molecule has 0 unspecified atom stereocenters. The predicted molar refractivity (Wildman–Crippen MR) is 71.6 cm³/mol. The summed E-state index contributed by atoms with van der Waals surface area (Å²) < 4.78 is 25.3. The zero-order chi connectivity index (χ0) is 12.5. The molecule has 0 N–H and O–H groups in total. The maximum atomic E-state index is 12.6. The van der Waals surface area contributed by atoms with Crippen molar-refractivity contribution in [1.29, 1.82) is 0 Å². The highest BCUT2D eigenvalue weighted by Crippen LogP contribution is 2.30. The molecule has 2 heteroatoms. The normalized spacial score (nSPS) is 10.8. The van der Waals surface area contributed by atoms with Crippen LogP contribution in [-0.4, -0.2) is 0 Å². The maximum Gasteiger partial charge on any atom is 0.270 e. The van der Waals surface area contributed by atoms with Crippen molar-refractivity contribution in [2.45, 2.75) is 0 Å². The van der Waals surface area contributed by atoms with Crippen LogP contribution in [0.1, 0.15) is 5.56 Å². The average Bonchev–Trinajstić information content (AvgIpc) is 2.38. The monoisotopic (exact) mass is 240 g/mol. The number of benzene rings is 3. The largest absolute Gasteiger partial charge is 0.270 e. The Labute approximate surface area is 103 Å². The van der Waals surface area contributed by atoms with Gasteiger partial charge in [-0.25, -0.2) is 0 Å². The first kappa shape index (κ1) is 10.9. The van der Waals surface area contributed by atoms with Gasteiger partial charge in [-0.15, -0.1) is 0 Å². The minimum atomic E-state index is -1.67. The quantitative estimate of drug-likeness (QED) is 0.511. The zero-order valence-electron chi connectivity index (χ0n) is 9.53. The van der Waals surface area contributed by atoms with Crippen molar-refractivity contribution in [3.8, 4) is 0 Å². The number of halogens is 2. The summed E-state index contributed by atoms with van der Waals surface area (Å²) in [6.07, 6.45) is -0.721. The molecule has 3 aromatic rings. The third kappa shape index (κ3) is 1.76. The fourth-order valence-electron chi connectivity index (χ4n) is 2.31. The van der Waals surface area contributed by atoms with Gasteiger partial charge in [0.15, 0.2) is 0 Å². The third-order valence-electron chi connectivity index (χ3n) is 3.07. The Bertz CT molecular complexity index is 699. The first-order chi connectivity index (χ1) is 8.75. The molecule has 18 heavy (non-hydrogen) atoms. The fraction of sp³-hybridized carbons (Fsp3) is 0. The summed E-state index contributed by atoms with van der Waals surface area (Å²) in [5, 5.41) is 3.65. The smallest absolute Gasteiger partial charge is 0.173 e. The summed E-state index contributed by atoms with van der Waals surface area (Å²) in [5.74, 6) is 0. The molecule has 0 spiro atoms. The van der Waals surface area contributed by atoms with Crippen molar-refractivity contribution in [2.24, 2.45) is 0 Å². The zero-order valence-corrected chi connectivity index (χ0v) is 9.53. The third-order valence-corrected chi connectivity index (χ3v) is 3.07. The molecule has 0 aromatic heterocycles. The van der Waals surface area contributed by atoms with Gasteiger partial charge in [-0.1, -0.05) is 48.5 Å². The second kappa shape index (κ2) is 4.22. The minimum absolute atomic E-state index is 0.587. The van der Waals surface area contributed by atoms with Gasteiger partial charge in [-0.2, -0.15) is 8.78 Å². The molecule has 0 aliphatic heterocycles. The lowest BCUT2D eigenvalue weighted by molar-refractivity contribution is 0.429. The molecular formula is C16H10F2. The highest BCUT2D eigenvalue weighted by Gasteiger charge is 2.06. The van der Waals surface area contributed by atoms with Gasteiger partial charge in [-0.05, 0) is 33.2 Å². The molecule has 0 radical (unpaired) electrons. The van der Waals surface area contributed by atoms with Crippen LogP contribution < -0.4 is 0 Å². The van der Waals surface area contributed by atoms with E-state index in [2.05, 4.69) is 0 Å². The van der Waals surface area contributed by atoms with Crippen molar-refractivity contribution in [1.82, 2.24) is 0 Å². The number of hydrogen-bond donors (Lipinski definition) is 0. The molecule has 3 rings (SSSR count). The van der Waals surface area contributed by atoms with Gasteiger partial charge in [0.25, 0.3) is 6.08 Å². The Hall–Kier alpha value is -2.22. The molecule has 0 aliphatic carbocycles. The molecular weight excluding hydrogens is 230 g/mol. The summed E-state index contributed by atoms with van der Waals surface area (Å²) in [6, 6.07) is 17.2. The van der Waals surface area contributed by atoms with E-state index >= 15 is 0 Å². The summed E-state index contributed by atoms with van der Waals surface area (Å²) in [5.41, 5.74) is 0.587. The van der Waals surface area contributed by atoms with Crippen LogP contribution in [0.3, 0.4) is 0 Å². The topological polar surface area (TPSA) is 0 Å². The minimum Gasteiger partial charge on any atom is -0.173 e. The van der Waals surface area contributed by atoms with E-state index < -0.39 is 6.08 Å². The van der Waals surface area contributed by atoms with E-state index in [1.54, 1.807) is 0 Å². The van der Waals surface area contributed by atoms with E-state index in [1.807, 2.05) is 54.6 Å². The van der Waals surface area contributed by atoms with E-state index in [0.717, 1.165) is 27.6 Å². The van der Waals surface area contributed by atoms with Crippen molar-refractivity contribution >= 4 is 27.6 Å². The molecule has 0 amide bonds. The molecule has 0 fully saturated rings. The van der Waals surface area contributed by atoms with Crippen molar-refractivity contribution in [3.05, 3.63) is 66.2 Å². The highest BCUT2D eigenvalue weighted by atomic mass is 19.3. The summed E-state index contributed by atoms with van der Waals surface area (Å²) >= 11 is 0. The molecule has 0 atom stereocenters. The van der Waals surface area contributed by atoms with Gasteiger partial charge in [0.1, 0.15) is 0 Å². The molecule has 88 valence electrons. The summed E-state index contributed by atoms with van der Waals surface area (Å²) in [6.45, 7) is 0. The lowest BCUT2D eigenvalue weighted by Gasteiger charge is -2.07. The van der Waals surface area contributed by atoms with Crippen LogP contribution in [0.4, 0.5) is 8.78 Å². The first-order valence-electron chi connectivity index (χ1n) is 5.69. The van der Waals surface area contributed by atoms with Crippen LogP contribution in [-0.2, 0) is 0 Å². The second-order valence-corrected chi connectivity index (χ2v) is 4.17. The van der Waals surface area contributed by atoms with Gasteiger partial charge in [0.05, 0.1) is 0 Å². The summed E-state index contributed by atoms with van der Waals surface area (Å²) in [4.78, 5) is 0. The van der Waals surface area contributed by atoms with Gasteiger partial charge in [0, 0.05) is 6.08 Å². The average molecular weight is 240 g/mol. The van der Waals surface area contributed by atoms with Crippen LogP contribution in [0.15, 0.2) is 60.7 Å². The Morgan fingerprint density at radius 2 is 1.28 bits per heavy atom. The number of hydrogen-bond acceptors (Lipinski definition) is 0. The fourth-order valence-corrected chi connectivity index (χ4v) is 2.31. The van der Waals surface area contributed by atoms with Gasteiger partial charge in [0.2, 0.25) is 0 Å². The van der Waals surface area contributed by atoms with E-state index in [1.165, 1.54) is 0 Å². The lowest BCUT2D eigenvalue weighted by atomic mass is 9.97. The van der Waals surface area contributed by atoms with Crippen molar-refractivity contribution < 1.29 is 8.78 Å². The van der Waals surface area contributed by atoms with Crippen LogP contribution >= 0.6 is 0 Å². The first-order valence-corrected chi connectivity index (χ1v) is 5.69. The van der Waals surface area contributed by atoms with Gasteiger partial charge in [-0.3, -0.25) is 0 Å². The molecule has 0 aliphatic rings. The molecule has 0 saturated carbocycles. The van der Waals surface area contributed by atoms with Crippen LogP contribution in [0.25, 0.3) is 27.6 Å². The van der Waals surface area contributed by atoms with Crippen LogP contribution in [0.2, 0.25) is 0 Å². The molecule has 0 nitrogen and oxygen atoms in total. The SMILES string of the molecule is FC(F)=Cc1c2ccccc2cc2ccccc12. The molecule has 3 aromatic carbocycles. The summed E-state index contributed by atoms with van der Waals surface area (Å²) in [7, 11) is 0. The van der Waals surface area contributed by atoms with Gasteiger partial charge < -0.3 is 0 Å². The highest BCUT2D eigenvalue weighted by molar-refractivity contribution is 6.06. The van der Waals surface area contributed by atoms with E-state index in [4.69, 9.17) is 0 Å². The van der Waals surface area contributed by atoms with E-state index in [-0.39, 0.29) is 0 Å². The lowest BCUT2D eigenvalue weighted by Crippen LogP contribution is -1.83. The Morgan fingerprint density at radius 1 is 0.778 bits per heavy atom. The molecule has 0 saturated heterocycles. The van der Waals surface area contributed by atoms with Gasteiger partial charge >= 0.3 is 0 Å². The molecule has 0 bridgehead atoms. The second-order valence-electron chi connectivity index (χ2n) is 4.17. The molecule has 0 heterocycles. The van der Waals surface area contributed by atoms with Crippen molar-refractivity contribution in [3.63, 3.8) is 0 Å². The Kier molecular flexibility index (Phi) is 2.56. The predicted octanol–water partition coefficient (Wildman–Crippen LogP) is 5.23. The maximum absolute atomic E-state index is 12.6. The van der Waals surface area contributed by atoms with Crippen LogP contribution in [0.5, 0.6) is 0 Å². The van der Waals surface area contributed by atoms with Crippen LogP contribution in [0, 0.1) is 0 Å². The van der Waals surface area contributed by atoms with E-state index in [0.29, 0.717) is 5.56 Å². The van der Waals surface area contributed by atoms with E-state index in [9.17, 15) is 8.78 Å². The Morgan fingerprint density at radius 3 is 1.78 bits per heavy atom. The number of rotatable bonds is 1.